The summed E-state index contributed by atoms with van der Waals surface area (Å²) in [5.41, 5.74) is 2.15. The summed E-state index contributed by atoms with van der Waals surface area (Å²) >= 11 is 3.44. The molecule has 0 bridgehead atoms. The van der Waals surface area contributed by atoms with Crippen LogP contribution in [0.5, 0.6) is 5.75 Å². The van der Waals surface area contributed by atoms with Gasteiger partial charge < -0.3 is 9.57 Å². The molecule has 1 atom stereocenters. The lowest BCUT2D eigenvalue weighted by Crippen LogP contribution is -2.09. The maximum atomic E-state index is 5.86. The quantitative estimate of drug-likeness (QED) is 0.241. The van der Waals surface area contributed by atoms with Gasteiger partial charge in [0, 0.05) is 11.8 Å². The minimum Gasteiger partial charge on any atom is -0.494 e. The molecule has 0 spiro atoms. The highest BCUT2D eigenvalue weighted by molar-refractivity contribution is 9.09. The lowest BCUT2D eigenvalue weighted by atomic mass is 10.1. The van der Waals surface area contributed by atoms with Gasteiger partial charge in [-0.2, -0.15) is 0 Å². The fraction of sp³-hybridized carbons (Fsp3) is 0.682. The van der Waals surface area contributed by atoms with E-state index in [1.54, 1.807) is 0 Å². The molecule has 146 valence electrons. The highest BCUT2D eigenvalue weighted by atomic mass is 79.9. The first-order chi connectivity index (χ1) is 12.8. The molecule has 0 radical (unpaired) electrons. The molecule has 1 aromatic carbocycles. The molecule has 0 fully saturated rings. The van der Waals surface area contributed by atoms with Crippen LogP contribution in [0.4, 0.5) is 0 Å². The molecule has 0 amide bonds. The van der Waals surface area contributed by atoms with Crippen molar-refractivity contribution in [2.75, 3.05) is 11.9 Å². The van der Waals surface area contributed by atoms with Gasteiger partial charge in [-0.1, -0.05) is 85.8 Å². The summed E-state index contributed by atoms with van der Waals surface area (Å²) in [6.07, 6.45) is 14.5. The van der Waals surface area contributed by atoms with E-state index in [-0.39, 0.29) is 6.10 Å². The zero-order valence-corrected chi connectivity index (χ0v) is 17.8. The molecule has 1 unspecified atom stereocenters. The van der Waals surface area contributed by atoms with Gasteiger partial charge in [0.1, 0.15) is 11.9 Å². The number of ether oxygens (including phenoxy) is 1. The van der Waals surface area contributed by atoms with Gasteiger partial charge >= 0.3 is 0 Å². The molecule has 1 aromatic rings. The molecule has 0 aromatic heterocycles. The van der Waals surface area contributed by atoms with E-state index in [1.165, 1.54) is 57.8 Å². The molecule has 0 saturated carbocycles. The van der Waals surface area contributed by atoms with Crippen LogP contribution in [-0.4, -0.2) is 23.8 Å². The summed E-state index contributed by atoms with van der Waals surface area (Å²) in [5.74, 6) is 0.946. The van der Waals surface area contributed by atoms with Crippen molar-refractivity contribution in [3.05, 3.63) is 29.8 Å². The zero-order valence-electron chi connectivity index (χ0n) is 16.2. The Hall–Kier alpha value is -1.03. The topological polar surface area (TPSA) is 30.8 Å². The molecule has 3 nitrogen and oxygen atoms in total. The molecule has 1 aliphatic rings. The van der Waals surface area contributed by atoms with Gasteiger partial charge in [-0.25, -0.2) is 0 Å². The van der Waals surface area contributed by atoms with Crippen LogP contribution in [-0.2, 0) is 4.84 Å². The molecule has 1 heterocycles. The Labute approximate surface area is 167 Å². The fourth-order valence-corrected chi connectivity index (χ4v) is 3.55. The van der Waals surface area contributed by atoms with E-state index in [2.05, 4.69) is 40.1 Å². The first-order valence-electron chi connectivity index (χ1n) is 10.4. The Morgan fingerprint density at radius 2 is 1.58 bits per heavy atom. The molecule has 0 N–H and O–H groups in total. The third-order valence-corrected chi connectivity index (χ3v) is 5.58. The first-order valence-corrected chi connectivity index (χ1v) is 11.5. The molecular formula is C22H34BrNO2. The Balaban J connectivity index is 1.50. The molecule has 1 aliphatic heterocycles. The maximum absolute atomic E-state index is 5.86. The number of alkyl halides is 1. The second-order valence-corrected chi connectivity index (χ2v) is 7.83. The third kappa shape index (κ3) is 8.11. The monoisotopic (exact) mass is 423 g/mol. The third-order valence-electron chi connectivity index (χ3n) is 4.86. The number of rotatable bonds is 14. The number of unbranched alkanes of at least 4 members (excludes halogenated alkanes) is 9. The van der Waals surface area contributed by atoms with Crippen molar-refractivity contribution >= 4 is 21.6 Å². The molecule has 0 aliphatic carbocycles. The van der Waals surface area contributed by atoms with E-state index in [9.17, 15) is 0 Å². The van der Waals surface area contributed by atoms with Crippen molar-refractivity contribution < 1.29 is 9.57 Å². The average molecular weight is 424 g/mol. The van der Waals surface area contributed by atoms with E-state index < -0.39 is 0 Å². The van der Waals surface area contributed by atoms with Gasteiger partial charge in [0.25, 0.3) is 0 Å². The van der Waals surface area contributed by atoms with Crippen molar-refractivity contribution in [2.45, 2.75) is 83.7 Å². The summed E-state index contributed by atoms with van der Waals surface area (Å²) in [4.78, 5) is 5.35. The first kappa shape index (κ1) is 21.3. The smallest absolute Gasteiger partial charge is 0.142 e. The Morgan fingerprint density at radius 3 is 2.15 bits per heavy atom. The highest BCUT2D eigenvalue weighted by Gasteiger charge is 2.20. The minimum atomic E-state index is 0.164. The predicted octanol–water partition coefficient (Wildman–Crippen LogP) is 6.87. The van der Waals surface area contributed by atoms with Crippen LogP contribution in [0, 0.1) is 0 Å². The normalized spacial score (nSPS) is 16.4. The number of benzene rings is 1. The minimum absolute atomic E-state index is 0.164. The molecule has 0 saturated heterocycles. The second-order valence-electron chi connectivity index (χ2n) is 7.18. The summed E-state index contributed by atoms with van der Waals surface area (Å²) in [7, 11) is 0. The zero-order chi connectivity index (χ0) is 18.5. The van der Waals surface area contributed by atoms with Crippen LogP contribution in [0.3, 0.4) is 0 Å². The highest BCUT2D eigenvalue weighted by Crippen LogP contribution is 2.20. The predicted molar refractivity (Wildman–Crippen MR) is 114 cm³/mol. The molecule has 2 rings (SSSR count). The van der Waals surface area contributed by atoms with E-state index in [4.69, 9.17) is 9.57 Å². The lowest BCUT2D eigenvalue weighted by molar-refractivity contribution is 0.104. The van der Waals surface area contributed by atoms with Crippen molar-refractivity contribution in [1.82, 2.24) is 0 Å². The van der Waals surface area contributed by atoms with Gasteiger partial charge in [-0.05, 0) is 36.2 Å². The van der Waals surface area contributed by atoms with Crippen molar-refractivity contribution in [1.29, 1.82) is 0 Å². The van der Waals surface area contributed by atoms with Crippen molar-refractivity contribution in [2.24, 2.45) is 5.16 Å². The summed E-state index contributed by atoms with van der Waals surface area (Å²) in [6, 6.07) is 8.23. The van der Waals surface area contributed by atoms with E-state index >= 15 is 0 Å². The Bertz CT molecular complexity index is 515. The molecular weight excluding hydrogens is 390 g/mol. The summed E-state index contributed by atoms with van der Waals surface area (Å²) in [5, 5.41) is 4.98. The largest absolute Gasteiger partial charge is 0.494 e. The van der Waals surface area contributed by atoms with Gasteiger partial charge in [0.05, 0.1) is 12.3 Å². The number of oxime groups is 1. The lowest BCUT2D eigenvalue weighted by Gasteiger charge is -2.07. The van der Waals surface area contributed by atoms with Crippen LogP contribution in [0.25, 0.3) is 0 Å². The summed E-state index contributed by atoms with van der Waals surface area (Å²) < 4.78 is 5.86. The van der Waals surface area contributed by atoms with Gasteiger partial charge in [0.15, 0.2) is 0 Å². The summed E-state index contributed by atoms with van der Waals surface area (Å²) in [6.45, 7) is 3.08. The second kappa shape index (κ2) is 13.2. The van der Waals surface area contributed by atoms with Gasteiger partial charge in [-0.15, -0.1) is 0 Å². The fourth-order valence-electron chi connectivity index (χ4n) is 3.20. The average Bonchev–Trinajstić information content (AvgIpc) is 3.16. The van der Waals surface area contributed by atoms with Crippen LogP contribution >= 0.6 is 15.9 Å². The van der Waals surface area contributed by atoms with Crippen molar-refractivity contribution in [3.8, 4) is 5.75 Å². The van der Waals surface area contributed by atoms with Gasteiger partial charge in [-0.3, -0.25) is 0 Å². The Kier molecular flexibility index (Phi) is 10.8. The molecule has 26 heavy (non-hydrogen) atoms. The van der Waals surface area contributed by atoms with Crippen LogP contribution < -0.4 is 4.74 Å². The van der Waals surface area contributed by atoms with Crippen molar-refractivity contribution in [3.63, 3.8) is 0 Å². The van der Waals surface area contributed by atoms with E-state index in [1.807, 2.05) is 12.1 Å². The number of halogens is 1. The van der Waals surface area contributed by atoms with E-state index in [0.29, 0.717) is 0 Å². The number of hydrogen-bond donors (Lipinski definition) is 0. The van der Waals surface area contributed by atoms with Crippen LogP contribution in [0.2, 0.25) is 0 Å². The maximum Gasteiger partial charge on any atom is 0.142 e. The van der Waals surface area contributed by atoms with Crippen LogP contribution in [0.15, 0.2) is 29.4 Å². The van der Waals surface area contributed by atoms with E-state index in [0.717, 1.165) is 41.8 Å². The molecule has 4 heteroatoms. The van der Waals surface area contributed by atoms with Crippen LogP contribution in [0.1, 0.15) is 83.1 Å². The SMILES string of the molecule is CCCCCCCCCCCCOc1ccc(C2=NOC(CBr)C2)cc1. The number of hydrogen-bond acceptors (Lipinski definition) is 3. The standard InChI is InChI=1S/C22H34BrNO2/c1-2-3-4-5-6-7-8-9-10-11-16-25-20-14-12-19(13-15-20)22-17-21(18-23)26-24-22/h12-15,21H,2-11,16-18H2,1H3. The van der Waals surface area contributed by atoms with Gasteiger partial charge in [0.2, 0.25) is 0 Å². The number of nitrogens with zero attached hydrogens (tertiary/aromatic N) is 1. The Morgan fingerprint density at radius 1 is 0.962 bits per heavy atom.